The summed E-state index contributed by atoms with van der Waals surface area (Å²) in [6.45, 7) is 7.80. The van der Waals surface area contributed by atoms with E-state index < -0.39 is 0 Å². The summed E-state index contributed by atoms with van der Waals surface area (Å²) < 4.78 is 1.82. The average Bonchev–Trinajstić information content (AvgIpc) is 3.09. The number of hydrogen-bond donors (Lipinski definition) is 2. The van der Waals surface area contributed by atoms with E-state index in [9.17, 15) is 0 Å². The Labute approximate surface area is 167 Å². The summed E-state index contributed by atoms with van der Waals surface area (Å²) in [4.78, 5) is 6.75. The van der Waals surface area contributed by atoms with E-state index >= 15 is 0 Å². The fourth-order valence-corrected chi connectivity index (χ4v) is 3.45. The van der Waals surface area contributed by atoms with Crippen molar-refractivity contribution >= 4 is 17.6 Å². The van der Waals surface area contributed by atoms with E-state index in [2.05, 4.69) is 45.5 Å². The van der Waals surface area contributed by atoms with Gasteiger partial charge in [0, 0.05) is 38.4 Å². The number of nitrogens with zero attached hydrogens (tertiary/aromatic N) is 4. The van der Waals surface area contributed by atoms with Crippen molar-refractivity contribution < 1.29 is 0 Å². The van der Waals surface area contributed by atoms with Gasteiger partial charge in [-0.15, -0.1) is 0 Å². The lowest BCUT2D eigenvalue weighted by Crippen LogP contribution is -2.43. The van der Waals surface area contributed by atoms with Crippen LogP contribution in [0.5, 0.6) is 0 Å². The second-order valence-electron chi connectivity index (χ2n) is 6.41. The Bertz CT molecular complexity index is 723. The van der Waals surface area contributed by atoms with Crippen LogP contribution in [-0.4, -0.2) is 53.9 Å². The number of aryl methyl sites for hydroxylation is 1. The minimum absolute atomic E-state index is 0.186. The fraction of sp³-hybridized carbons (Fsp3) is 0.500. The van der Waals surface area contributed by atoms with Crippen molar-refractivity contribution in [1.82, 2.24) is 25.3 Å². The summed E-state index contributed by atoms with van der Waals surface area (Å²) in [5.41, 5.74) is 2.35. The normalized spacial score (nSPS) is 13.0. The first-order chi connectivity index (χ1) is 13.1. The summed E-state index contributed by atoms with van der Waals surface area (Å²) in [6, 6.07) is 8.25. The summed E-state index contributed by atoms with van der Waals surface area (Å²) in [5.74, 6) is 0.795. The largest absolute Gasteiger partial charge is 0.356 e. The quantitative estimate of drug-likeness (QED) is 0.510. The number of rotatable bonds is 9. The highest BCUT2D eigenvalue weighted by molar-refractivity contribution is 6.31. The zero-order chi connectivity index (χ0) is 19.6. The molecule has 2 N–H and O–H groups in total. The van der Waals surface area contributed by atoms with Crippen LogP contribution < -0.4 is 10.6 Å². The average molecular weight is 391 g/mol. The van der Waals surface area contributed by atoms with E-state index in [-0.39, 0.29) is 6.04 Å². The first-order valence-electron chi connectivity index (χ1n) is 9.49. The molecule has 0 bridgehead atoms. The van der Waals surface area contributed by atoms with Crippen molar-refractivity contribution in [2.75, 3.05) is 33.2 Å². The molecule has 0 saturated heterocycles. The third kappa shape index (κ3) is 6.26. The lowest BCUT2D eigenvalue weighted by atomic mass is 10.0. The summed E-state index contributed by atoms with van der Waals surface area (Å²) in [7, 11) is 3.72. The maximum Gasteiger partial charge on any atom is 0.191 e. The number of hydrogen-bond acceptors (Lipinski definition) is 3. The maximum absolute atomic E-state index is 6.47. The van der Waals surface area contributed by atoms with Crippen molar-refractivity contribution in [1.29, 1.82) is 0 Å². The summed E-state index contributed by atoms with van der Waals surface area (Å²) in [5, 5.41) is 11.8. The molecule has 27 heavy (non-hydrogen) atoms. The van der Waals surface area contributed by atoms with E-state index in [4.69, 9.17) is 11.6 Å². The number of halogens is 1. The SMILES string of the molecule is CCN(CC)C(CNC(=NC)NCCc1cnn(C)c1)c1ccccc1Cl. The van der Waals surface area contributed by atoms with Crippen LogP contribution in [-0.2, 0) is 13.5 Å². The monoisotopic (exact) mass is 390 g/mol. The molecule has 0 aliphatic heterocycles. The molecular weight excluding hydrogens is 360 g/mol. The maximum atomic E-state index is 6.47. The second kappa shape index (κ2) is 10.9. The number of benzene rings is 1. The van der Waals surface area contributed by atoms with Gasteiger partial charge in [0.25, 0.3) is 0 Å². The topological polar surface area (TPSA) is 57.5 Å². The molecule has 0 spiro atoms. The van der Waals surface area contributed by atoms with E-state index in [0.717, 1.165) is 49.1 Å². The number of likely N-dealkylation sites (N-methyl/N-ethyl adjacent to an activating group) is 1. The Morgan fingerprint density at radius 3 is 2.59 bits per heavy atom. The second-order valence-corrected chi connectivity index (χ2v) is 6.82. The summed E-state index contributed by atoms with van der Waals surface area (Å²) >= 11 is 6.47. The van der Waals surface area contributed by atoms with Crippen molar-refractivity contribution in [3.63, 3.8) is 0 Å². The van der Waals surface area contributed by atoms with Gasteiger partial charge in [-0.2, -0.15) is 5.10 Å². The highest BCUT2D eigenvalue weighted by Crippen LogP contribution is 2.26. The molecule has 0 amide bonds. The number of guanidine groups is 1. The molecule has 2 rings (SSSR count). The minimum Gasteiger partial charge on any atom is -0.356 e. The van der Waals surface area contributed by atoms with Crippen LogP contribution in [0.25, 0.3) is 0 Å². The van der Waals surface area contributed by atoms with Gasteiger partial charge in [0.2, 0.25) is 0 Å². The Morgan fingerprint density at radius 2 is 2.00 bits per heavy atom. The van der Waals surface area contributed by atoms with Crippen molar-refractivity contribution in [2.45, 2.75) is 26.3 Å². The Kier molecular flexibility index (Phi) is 8.61. The molecule has 7 heteroatoms. The van der Waals surface area contributed by atoms with Crippen molar-refractivity contribution in [2.24, 2.45) is 12.0 Å². The third-order valence-electron chi connectivity index (χ3n) is 4.67. The molecule has 1 heterocycles. The molecule has 0 fully saturated rings. The van der Waals surface area contributed by atoms with Gasteiger partial charge in [0.1, 0.15) is 0 Å². The predicted molar refractivity (Wildman–Crippen MR) is 113 cm³/mol. The van der Waals surface area contributed by atoms with Gasteiger partial charge in [-0.3, -0.25) is 14.6 Å². The first kappa shape index (κ1) is 21.3. The molecule has 1 atom stereocenters. The van der Waals surface area contributed by atoms with Gasteiger partial charge in [0.05, 0.1) is 12.2 Å². The number of aliphatic imine (C=N–C) groups is 1. The summed E-state index contributed by atoms with van der Waals surface area (Å²) in [6.07, 6.45) is 4.83. The van der Waals surface area contributed by atoms with E-state index in [1.165, 1.54) is 5.56 Å². The van der Waals surface area contributed by atoms with Crippen molar-refractivity contribution in [3.8, 4) is 0 Å². The molecular formula is C20H31ClN6. The minimum atomic E-state index is 0.186. The van der Waals surface area contributed by atoms with Gasteiger partial charge in [-0.25, -0.2) is 0 Å². The molecule has 6 nitrogen and oxygen atoms in total. The Hall–Kier alpha value is -2.05. The van der Waals surface area contributed by atoms with Gasteiger partial charge in [-0.1, -0.05) is 43.6 Å². The van der Waals surface area contributed by atoms with Gasteiger partial charge >= 0.3 is 0 Å². The Balaban J connectivity index is 1.96. The fourth-order valence-electron chi connectivity index (χ4n) is 3.19. The van der Waals surface area contributed by atoms with Crippen LogP contribution in [0.15, 0.2) is 41.7 Å². The van der Waals surface area contributed by atoms with E-state index in [1.807, 2.05) is 42.3 Å². The highest BCUT2D eigenvalue weighted by Gasteiger charge is 2.20. The van der Waals surface area contributed by atoms with E-state index in [0.29, 0.717) is 0 Å². The molecule has 0 radical (unpaired) electrons. The van der Waals surface area contributed by atoms with Gasteiger partial charge in [0.15, 0.2) is 5.96 Å². The molecule has 0 saturated carbocycles. The van der Waals surface area contributed by atoms with Crippen LogP contribution in [0.3, 0.4) is 0 Å². The van der Waals surface area contributed by atoms with Crippen LogP contribution in [0, 0.1) is 0 Å². The van der Waals surface area contributed by atoms with Crippen LogP contribution in [0.2, 0.25) is 5.02 Å². The molecule has 1 aromatic carbocycles. The van der Waals surface area contributed by atoms with Gasteiger partial charge in [-0.05, 0) is 36.7 Å². The molecule has 2 aromatic rings. The van der Waals surface area contributed by atoms with Crippen LogP contribution in [0.4, 0.5) is 0 Å². The molecule has 0 aliphatic rings. The highest BCUT2D eigenvalue weighted by atomic mass is 35.5. The van der Waals surface area contributed by atoms with Crippen molar-refractivity contribution in [3.05, 3.63) is 52.8 Å². The number of nitrogens with one attached hydrogen (secondary N) is 2. The standard InChI is InChI=1S/C20H31ClN6/c1-5-27(6-2)19(17-9-7-8-10-18(17)21)14-24-20(22-3)23-12-11-16-13-25-26(4)15-16/h7-10,13,15,19H,5-6,11-12,14H2,1-4H3,(H2,22,23,24). The lowest BCUT2D eigenvalue weighted by molar-refractivity contribution is 0.219. The van der Waals surface area contributed by atoms with Crippen LogP contribution >= 0.6 is 11.6 Å². The zero-order valence-corrected chi connectivity index (χ0v) is 17.5. The lowest BCUT2D eigenvalue weighted by Gasteiger charge is -2.31. The van der Waals surface area contributed by atoms with Crippen LogP contribution in [0.1, 0.15) is 31.0 Å². The van der Waals surface area contributed by atoms with Gasteiger partial charge < -0.3 is 10.6 Å². The molecule has 148 valence electrons. The predicted octanol–water partition coefficient (Wildman–Crippen LogP) is 2.86. The first-order valence-corrected chi connectivity index (χ1v) is 9.87. The van der Waals surface area contributed by atoms with E-state index in [1.54, 1.807) is 7.05 Å². The zero-order valence-electron chi connectivity index (χ0n) is 16.7. The Morgan fingerprint density at radius 1 is 1.26 bits per heavy atom. The molecule has 1 unspecified atom stereocenters. The molecule has 0 aliphatic carbocycles. The molecule has 1 aromatic heterocycles. The smallest absolute Gasteiger partial charge is 0.191 e. The third-order valence-corrected chi connectivity index (χ3v) is 5.01. The number of aromatic nitrogens is 2.